The van der Waals surface area contributed by atoms with Crippen LogP contribution >= 0.6 is 11.3 Å². The summed E-state index contributed by atoms with van der Waals surface area (Å²) in [7, 11) is -6.19. The monoisotopic (exact) mass is 607 g/mol. The van der Waals surface area contributed by atoms with E-state index in [9.17, 15) is 26.7 Å². The highest BCUT2D eigenvalue weighted by atomic mass is 32.2. The van der Waals surface area contributed by atoms with Gasteiger partial charge in [-0.25, -0.2) is 16.8 Å². The molecule has 1 aliphatic rings. The van der Waals surface area contributed by atoms with Gasteiger partial charge >= 0.3 is 0 Å². The lowest BCUT2D eigenvalue weighted by Crippen LogP contribution is -2.50. The molecule has 2 aromatic carbocycles. The summed E-state index contributed by atoms with van der Waals surface area (Å²) < 4.78 is 62.3. The summed E-state index contributed by atoms with van der Waals surface area (Å²) in [6.07, 6.45) is -0.643. The molecule has 0 unspecified atom stereocenters. The Bertz CT molecular complexity index is 1560. The molecular weight excluding hydrogens is 575 g/mol. The third-order valence-corrected chi connectivity index (χ3v) is 11.4. The number of fused-ring (bicyclic) bond motifs is 1. The number of aryl methyl sites for hydroxylation is 1. The van der Waals surface area contributed by atoms with E-state index < -0.39 is 38.1 Å². The number of aliphatic hydroxyl groups is 1. The second-order valence-corrected chi connectivity index (χ2v) is 14.9. The molecule has 0 bridgehead atoms. The van der Waals surface area contributed by atoms with Crippen molar-refractivity contribution in [3.63, 3.8) is 0 Å². The van der Waals surface area contributed by atoms with Crippen LogP contribution in [0, 0.1) is 12.8 Å². The zero-order chi connectivity index (χ0) is 29.2. The zero-order valence-corrected chi connectivity index (χ0v) is 25.1. The number of benzene rings is 2. The van der Waals surface area contributed by atoms with Crippen LogP contribution in [0.5, 0.6) is 5.75 Å². The molecule has 216 valence electrons. The lowest BCUT2D eigenvalue weighted by atomic mass is 9.99. The van der Waals surface area contributed by atoms with Crippen molar-refractivity contribution in [1.82, 2.24) is 9.21 Å². The number of hydrogen-bond acceptors (Lipinski definition) is 8. The fraction of sp³-hybridized carbons (Fsp3) is 0.370. The standard InChI is InChI=1S/C27H33N3O7S3/c1-18-7-10-22(11-8-18)39(33,34)28-21-9-12-24-23(14-21)27(32)30(20(3)17-31)15-19(2)25(37-24)16-29(4)40(35,36)26-6-5-13-38-26/h5-14,19-20,25,28,31H,15-17H2,1-4H3/t19-,20-,25-/m1/s1. The summed E-state index contributed by atoms with van der Waals surface area (Å²) in [4.78, 5) is 15.2. The SMILES string of the molecule is Cc1ccc(S(=O)(=O)Nc2ccc3c(c2)C(=O)N([C@H](C)CO)C[C@@H](C)[C@@H](CN(C)S(=O)(=O)c2cccs2)O3)cc1. The second kappa shape index (κ2) is 11.9. The zero-order valence-electron chi connectivity index (χ0n) is 22.6. The van der Waals surface area contributed by atoms with Crippen LogP contribution in [0.2, 0.25) is 0 Å². The van der Waals surface area contributed by atoms with Gasteiger partial charge in [-0.3, -0.25) is 9.52 Å². The molecule has 0 spiro atoms. The van der Waals surface area contributed by atoms with Gasteiger partial charge in [0.1, 0.15) is 16.1 Å². The molecule has 1 aliphatic heterocycles. The molecule has 2 N–H and O–H groups in total. The van der Waals surface area contributed by atoms with Crippen molar-refractivity contribution in [2.24, 2.45) is 5.92 Å². The third-order valence-electron chi connectivity index (χ3n) is 6.84. The van der Waals surface area contributed by atoms with Crippen LogP contribution in [-0.2, 0) is 20.0 Å². The van der Waals surface area contributed by atoms with Gasteiger partial charge in [-0.1, -0.05) is 30.7 Å². The molecule has 4 rings (SSSR count). The van der Waals surface area contributed by atoms with Crippen LogP contribution < -0.4 is 9.46 Å². The van der Waals surface area contributed by atoms with E-state index in [1.807, 2.05) is 13.8 Å². The Labute approximate surface area is 239 Å². The Morgan fingerprint density at radius 2 is 1.85 bits per heavy atom. The molecule has 13 heteroatoms. The van der Waals surface area contributed by atoms with Crippen LogP contribution in [0.4, 0.5) is 5.69 Å². The van der Waals surface area contributed by atoms with Crippen molar-refractivity contribution in [2.45, 2.75) is 42.0 Å². The van der Waals surface area contributed by atoms with Gasteiger partial charge in [-0.05, 0) is 55.6 Å². The van der Waals surface area contributed by atoms with Crippen LogP contribution in [0.25, 0.3) is 0 Å². The molecular formula is C27H33N3O7S3. The summed E-state index contributed by atoms with van der Waals surface area (Å²) in [5, 5.41) is 11.6. The highest BCUT2D eigenvalue weighted by Gasteiger charge is 2.35. The smallest absolute Gasteiger partial charge is 0.261 e. The third kappa shape index (κ3) is 6.33. The van der Waals surface area contributed by atoms with Gasteiger partial charge in [0.25, 0.3) is 26.0 Å². The Balaban J connectivity index is 1.68. The maximum absolute atomic E-state index is 13.7. The molecule has 3 aromatic rings. The van der Waals surface area contributed by atoms with E-state index in [0.717, 1.165) is 16.9 Å². The number of nitrogens with one attached hydrogen (secondary N) is 1. The number of thiophene rings is 1. The molecule has 0 fully saturated rings. The number of carbonyl (C=O) groups is 1. The first-order valence-electron chi connectivity index (χ1n) is 12.7. The van der Waals surface area contributed by atoms with Crippen molar-refractivity contribution in [3.05, 3.63) is 71.1 Å². The summed E-state index contributed by atoms with van der Waals surface area (Å²) in [6.45, 7) is 5.34. The molecule has 1 amide bonds. The maximum Gasteiger partial charge on any atom is 0.261 e. The van der Waals surface area contributed by atoms with Gasteiger partial charge in [0.15, 0.2) is 0 Å². The Hall–Kier alpha value is -2.97. The number of aliphatic hydroxyl groups excluding tert-OH is 1. The van der Waals surface area contributed by atoms with E-state index in [-0.39, 0.29) is 51.7 Å². The summed E-state index contributed by atoms with van der Waals surface area (Å²) in [5.41, 5.74) is 1.18. The summed E-state index contributed by atoms with van der Waals surface area (Å²) >= 11 is 1.12. The highest BCUT2D eigenvalue weighted by molar-refractivity contribution is 7.92. The van der Waals surface area contributed by atoms with Crippen LogP contribution in [0.15, 0.2) is 69.1 Å². The Morgan fingerprint density at radius 3 is 2.48 bits per heavy atom. The first-order chi connectivity index (χ1) is 18.8. The summed E-state index contributed by atoms with van der Waals surface area (Å²) in [5.74, 6) is -0.540. The summed E-state index contributed by atoms with van der Waals surface area (Å²) in [6, 6.07) is 13.4. The van der Waals surface area contributed by atoms with Crippen molar-refractivity contribution < 1.29 is 31.5 Å². The van der Waals surface area contributed by atoms with Gasteiger partial charge < -0.3 is 14.7 Å². The first-order valence-corrected chi connectivity index (χ1v) is 16.5. The van der Waals surface area contributed by atoms with Crippen LogP contribution in [0.3, 0.4) is 0 Å². The number of anilines is 1. The Morgan fingerprint density at radius 1 is 1.15 bits per heavy atom. The van der Waals surface area contributed by atoms with Gasteiger partial charge in [0.2, 0.25) is 0 Å². The van der Waals surface area contributed by atoms with Crippen molar-refractivity contribution in [2.75, 3.05) is 31.5 Å². The topological polar surface area (TPSA) is 133 Å². The van der Waals surface area contributed by atoms with Gasteiger partial charge in [0.05, 0.1) is 29.7 Å². The molecule has 2 heterocycles. The molecule has 10 nitrogen and oxygen atoms in total. The number of likely N-dealkylation sites (N-methyl/N-ethyl adjacent to an activating group) is 1. The van der Waals surface area contributed by atoms with Gasteiger partial charge in [0, 0.05) is 25.2 Å². The molecule has 0 aliphatic carbocycles. The molecule has 40 heavy (non-hydrogen) atoms. The normalized spacial score (nSPS) is 18.9. The van der Waals surface area contributed by atoms with E-state index >= 15 is 0 Å². The fourth-order valence-electron chi connectivity index (χ4n) is 4.35. The first kappa shape index (κ1) is 30.0. The van der Waals surface area contributed by atoms with Crippen LogP contribution in [-0.4, -0.2) is 75.9 Å². The highest BCUT2D eigenvalue weighted by Crippen LogP contribution is 2.32. The largest absolute Gasteiger partial charge is 0.488 e. The van der Waals surface area contributed by atoms with Gasteiger partial charge in [-0.15, -0.1) is 11.3 Å². The van der Waals surface area contributed by atoms with Crippen molar-refractivity contribution in [3.8, 4) is 5.75 Å². The quantitative estimate of drug-likeness (QED) is 0.381. The van der Waals surface area contributed by atoms with E-state index in [1.165, 1.54) is 52.7 Å². The number of ether oxygens (including phenoxy) is 1. The maximum atomic E-state index is 13.7. The molecule has 0 saturated heterocycles. The molecule has 0 saturated carbocycles. The average Bonchev–Trinajstić information content (AvgIpc) is 3.47. The predicted molar refractivity (Wildman–Crippen MR) is 154 cm³/mol. The lowest BCUT2D eigenvalue weighted by Gasteiger charge is -2.38. The number of sulfonamides is 2. The average molecular weight is 608 g/mol. The predicted octanol–water partition coefficient (Wildman–Crippen LogP) is 3.40. The lowest BCUT2D eigenvalue weighted by molar-refractivity contribution is 0.0387. The molecule has 0 radical (unpaired) electrons. The molecule has 3 atom stereocenters. The van der Waals surface area contributed by atoms with E-state index in [4.69, 9.17) is 4.74 Å². The van der Waals surface area contributed by atoms with Crippen LogP contribution in [0.1, 0.15) is 29.8 Å². The second-order valence-electron chi connectivity index (χ2n) is 9.97. The van der Waals surface area contributed by atoms with E-state index in [2.05, 4.69) is 4.72 Å². The van der Waals surface area contributed by atoms with Crippen molar-refractivity contribution in [1.29, 1.82) is 0 Å². The molecule has 1 aromatic heterocycles. The number of hydrogen-bond donors (Lipinski definition) is 2. The minimum atomic E-state index is -3.93. The Kier molecular flexibility index (Phi) is 8.90. The van der Waals surface area contributed by atoms with E-state index in [1.54, 1.807) is 30.5 Å². The van der Waals surface area contributed by atoms with Crippen molar-refractivity contribution >= 4 is 43.0 Å². The number of rotatable bonds is 9. The number of amides is 1. The van der Waals surface area contributed by atoms with Gasteiger partial charge in [-0.2, -0.15) is 4.31 Å². The minimum Gasteiger partial charge on any atom is -0.488 e. The number of carbonyl (C=O) groups excluding carboxylic acids is 1. The fourth-order valence-corrected chi connectivity index (χ4v) is 7.78. The van der Waals surface area contributed by atoms with E-state index in [0.29, 0.717) is 0 Å². The minimum absolute atomic E-state index is 0.0121. The number of nitrogens with zero attached hydrogens (tertiary/aromatic N) is 2.